The number of hydrogen-bond acceptors (Lipinski definition) is 7. The molecule has 1 N–H and O–H groups in total. The van der Waals surface area contributed by atoms with E-state index in [0.29, 0.717) is 17.3 Å². The average molecular weight is 450 g/mol. The van der Waals surface area contributed by atoms with E-state index in [-0.39, 0.29) is 18.0 Å². The van der Waals surface area contributed by atoms with Crippen molar-refractivity contribution in [2.75, 3.05) is 55.5 Å². The van der Waals surface area contributed by atoms with Crippen molar-refractivity contribution in [3.8, 4) is 11.5 Å². The van der Waals surface area contributed by atoms with E-state index in [1.165, 1.54) is 17.9 Å². The number of aromatic nitrogens is 2. The summed E-state index contributed by atoms with van der Waals surface area (Å²) in [6, 6.07) is 18.2. The SMILES string of the molecule is COc1ccccc1NC(=O)Cn1nc(N2CCN(c3ccccc3OC)CC2)ccc1=O. The van der Waals surface area contributed by atoms with Crippen LogP contribution in [0.3, 0.4) is 0 Å². The van der Waals surface area contributed by atoms with Crippen LogP contribution in [0.5, 0.6) is 11.5 Å². The number of para-hydroxylation sites is 4. The van der Waals surface area contributed by atoms with Gasteiger partial charge in [-0.1, -0.05) is 24.3 Å². The summed E-state index contributed by atoms with van der Waals surface area (Å²) in [4.78, 5) is 29.3. The van der Waals surface area contributed by atoms with E-state index in [4.69, 9.17) is 9.47 Å². The quantitative estimate of drug-likeness (QED) is 0.592. The molecule has 33 heavy (non-hydrogen) atoms. The highest BCUT2D eigenvalue weighted by atomic mass is 16.5. The zero-order chi connectivity index (χ0) is 23.2. The highest BCUT2D eigenvalue weighted by Crippen LogP contribution is 2.29. The molecule has 172 valence electrons. The molecule has 0 atom stereocenters. The summed E-state index contributed by atoms with van der Waals surface area (Å²) in [7, 11) is 3.21. The van der Waals surface area contributed by atoms with Crippen LogP contribution in [0.4, 0.5) is 17.2 Å². The third-order valence-electron chi connectivity index (χ3n) is 5.56. The van der Waals surface area contributed by atoms with Crippen LogP contribution in [-0.2, 0) is 11.3 Å². The third-order valence-corrected chi connectivity index (χ3v) is 5.56. The second-order valence-corrected chi connectivity index (χ2v) is 7.58. The monoisotopic (exact) mass is 449 g/mol. The zero-order valence-corrected chi connectivity index (χ0v) is 18.7. The number of hydrogen-bond donors (Lipinski definition) is 1. The molecule has 0 aliphatic carbocycles. The van der Waals surface area contributed by atoms with E-state index in [1.807, 2.05) is 30.3 Å². The Morgan fingerprint density at radius 2 is 1.52 bits per heavy atom. The number of carbonyl (C=O) groups excluding carboxylic acids is 1. The number of nitrogens with one attached hydrogen (secondary N) is 1. The Balaban J connectivity index is 1.42. The van der Waals surface area contributed by atoms with Crippen molar-refractivity contribution >= 4 is 23.1 Å². The first-order valence-electron chi connectivity index (χ1n) is 10.7. The smallest absolute Gasteiger partial charge is 0.267 e. The number of benzene rings is 2. The van der Waals surface area contributed by atoms with Gasteiger partial charge in [-0.25, -0.2) is 4.68 Å². The number of anilines is 3. The van der Waals surface area contributed by atoms with Gasteiger partial charge in [-0.3, -0.25) is 9.59 Å². The number of methoxy groups -OCH3 is 2. The van der Waals surface area contributed by atoms with Crippen molar-refractivity contribution in [3.05, 3.63) is 71.0 Å². The highest BCUT2D eigenvalue weighted by molar-refractivity contribution is 5.92. The Morgan fingerprint density at radius 1 is 0.879 bits per heavy atom. The standard InChI is InChI=1S/C24H27N5O4/c1-32-20-9-5-3-7-18(20)25-23(30)17-29-24(31)12-11-22(26-29)28-15-13-27(14-16-28)19-8-4-6-10-21(19)33-2/h3-12H,13-17H2,1-2H3,(H,25,30). The highest BCUT2D eigenvalue weighted by Gasteiger charge is 2.21. The maximum atomic E-state index is 12.6. The van der Waals surface area contributed by atoms with Gasteiger partial charge in [0.05, 0.1) is 25.6 Å². The molecule has 1 fully saturated rings. The van der Waals surface area contributed by atoms with Crippen molar-refractivity contribution in [2.24, 2.45) is 0 Å². The lowest BCUT2D eigenvalue weighted by Crippen LogP contribution is -2.47. The Bertz CT molecular complexity index is 1170. The fraction of sp³-hybridized carbons (Fsp3) is 0.292. The number of ether oxygens (including phenoxy) is 2. The number of piperazine rings is 1. The molecule has 2 heterocycles. The molecular formula is C24H27N5O4. The predicted octanol–water partition coefficient (Wildman–Crippen LogP) is 2.23. The fourth-order valence-corrected chi connectivity index (χ4v) is 3.86. The van der Waals surface area contributed by atoms with Gasteiger partial charge < -0.3 is 24.6 Å². The molecule has 1 aliphatic heterocycles. The summed E-state index contributed by atoms with van der Waals surface area (Å²) >= 11 is 0. The Morgan fingerprint density at radius 3 is 2.24 bits per heavy atom. The molecule has 4 rings (SSSR count). The maximum absolute atomic E-state index is 12.6. The number of amides is 1. The minimum atomic E-state index is -0.354. The Labute approximate surface area is 192 Å². The Kier molecular flexibility index (Phi) is 6.77. The van der Waals surface area contributed by atoms with Crippen LogP contribution in [-0.4, -0.2) is 56.1 Å². The van der Waals surface area contributed by atoms with Crippen molar-refractivity contribution < 1.29 is 14.3 Å². The largest absolute Gasteiger partial charge is 0.495 e. The van der Waals surface area contributed by atoms with Gasteiger partial charge in [0.2, 0.25) is 5.91 Å². The molecule has 9 heteroatoms. The summed E-state index contributed by atoms with van der Waals surface area (Å²) in [6.07, 6.45) is 0. The summed E-state index contributed by atoms with van der Waals surface area (Å²) in [5.74, 6) is 1.71. The lowest BCUT2D eigenvalue weighted by molar-refractivity contribution is -0.117. The fourth-order valence-electron chi connectivity index (χ4n) is 3.86. The molecule has 1 saturated heterocycles. The molecule has 0 bridgehead atoms. The van der Waals surface area contributed by atoms with Gasteiger partial charge in [0.15, 0.2) is 0 Å². The topological polar surface area (TPSA) is 88.9 Å². The first-order valence-corrected chi connectivity index (χ1v) is 10.7. The first kappa shape index (κ1) is 22.2. The predicted molar refractivity (Wildman–Crippen MR) is 128 cm³/mol. The summed E-state index contributed by atoms with van der Waals surface area (Å²) in [5.41, 5.74) is 1.27. The van der Waals surface area contributed by atoms with Gasteiger partial charge in [0, 0.05) is 32.2 Å². The molecule has 1 aliphatic rings. The second-order valence-electron chi connectivity index (χ2n) is 7.58. The van der Waals surface area contributed by atoms with Gasteiger partial charge in [-0.2, -0.15) is 5.10 Å². The molecule has 2 aromatic carbocycles. The maximum Gasteiger partial charge on any atom is 0.267 e. The van der Waals surface area contributed by atoms with Gasteiger partial charge >= 0.3 is 0 Å². The van der Waals surface area contributed by atoms with E-state index in [0.717, 1.165) is 37.6 Å². The van der Waals surface area contributed by atoms with Crippen LogP contribution in [0.1, 0.15) is 0 Å². The lowest BCUT2D eigenvalue weighted by atomic mass is 10.2. The minimum absolute atomic E-state index is 0.189. The van der Waals surface area contributed by atoms with E-state index in [1.54, 1.807) is 31.4 Å². The molecule has 0 spiro atoms. The zero-order valence-electron chi connectivity index (χ0n) is 18.7. The lowest BCUT2D eigenvalue weighted by Gasteiger charge is -2.37. The van der Waals surface area contributed by atoms with E-state index in [2.05, 4.69) is 20.2 Å². The molecule has 0 radical (unpaired) electrons. The van der Waals surface area contributed by atoms with Crippen molar-refractivity contribution in [3.63, 3.8) is 0 Å². The summed E-state index contributed by atoms with van der Waals surface area (Å²) < 4.78 is 11.9. The second kappa shape index (κ2) is 10.1. The van der Waals surface area contributed by atoms with E-state index in [9.17, 15) is 9.59 Å². The van der Waals surface area contributed by atoms with Crippen LogP contribution < -0.4 is 30.1 Å². The minimum Gasteiger partial charge on any atom is -0.495 e. The van der Waals surface area contributed by atoms with E-state index >= 15 is 0 Å². The van der Waals surface area contributed by atoms with Crippen LogP contribution in [0, 0.1) is 0 Å². The van der Waals surface area contributed by atoms with Crippen molar-refractivity contribution in [2.45, 2.75) is 6.54 Å². The van der Waals surface area contributed by atoms with Crippen LogP contribution in [0.25, 0.3) is 0 Å². The average Bonchev–Trinajstić information content (AvgIpc) is 2.86. The number of nitrogens with zero attached hydrogens (tertiary/aromatic N) is 4. The third kappa shape index (κ3) is 5.08. The Hall–Kier alpha value is -4.01. The normalized spacial score (nSPS) is 13.5. The van der Waals surface area contributed by atoms with Crippen molar-refractivity contribution in [1.82, 2.24) is 9.78 Å². The molecule has 0 saturated carbocycles. The van der Waals surface area contributed by atoms with Gasteiger partial charge in [-0.15, -0.1) is 0 Å². The van der Waals surface area contributed by atoms with Gasteiger partial charge in [0.1, 0.15) is 23.9 Å². The molecule has 1 amide bonds. The van der Waals surface area contributed by atoms with Crippen LogP contribution >= 0.6 is 0 Å². The van der Waals surface area contributed by atoms with Gasteiger partial charge in [0.25, 0.3) is 5.56 Å². The first-order chi connectivity index (χ1) is 16.1. The summed E-state index contributed by atoms with van der Waals surface area (Å²) in [5, 5.41) is 7.22. The van der Waals surface area contributed by atoms with Crippen molar-refractivity contribution in [1.29, 1.82) is 0 Å². The molecule has 3 aromatic rings. The van der Waals surface area contributed by atoms with E-state index < -0.39 is 0 Å². The molecular weight excluding hydrogens is 422 g/mol. The number of rotatable bonds is 7. The van der Waals surface area contributed by atoms with Gasteiger partial charge in [-0.05, 0) is 30.3 Å². The molecule has 9 nitrogen and oxygen atoms in total. The number of carbonyl (C=O) groups is 1. The molecule has 0 unspecified atom stereocenters. The summed E-state index contributed by atoms with van der Waals surface area (Å²) in [6.45, 7) is 2.85. The van der Waals surface area contributed by atoms with Crippen LogP contribution in [0.2, 0.25) is 0 Å². The molecule has 1 aromatic heterocycles. The van der Waals surface area contributed by atoms with Crippen LogP contribution in [0.15, 0.2) is 65.5 Å².